The van der Waals surface area contributed by atoms with Crippen molar-refractivity contribution >= 4 is 55.4 Å². The molecule has 0 atom stereocenters. The number of benzene rings is 2. The Morgan fingerprint density at radius 2 is 1.94 bits per heavy atom. The zero-order valence-electron chi connectivity index (χ0n) is 18.8. The Kier molecular flexibility index (Phi) is 7.44. The fraction of sp³-hybridized carbons (Fsp3) is 0.320. The number of nitrogen functional groups attached to an aromatic ring is 1. The first-order valence-corrected chi connectivity index (χ1v) is 12.2. The fourth-order valence-electron chi connectivity index (χ4n) is 4.01. The van der Waals surface area contributed by atoms with Gasteiger partial charge in [0.25, 0.3) is 0 Å². The Morgan fingerprint density at radius 3 is 2.76 bits per heavy atom. The Morgan fingerprint density at radius 1 is 1.09 bits per heavy atom. The number of nitrogens with zero attached hydrogens (tertiary/aromatic N) is 3. The highest BCUT2D eigenvalue weighted by atomic mass is 79.9. The molecule has 0 saturated carbocycles. The van der Waals surface area contributed by atoms with Gasteiger partial charge in [0, 0.05) is 35.1 Å². The van der Waals surface area contributed by atoms with Gasteiger partial charge in [-0.15, -0.1) is 0 Å². The monoisotopic (exact) mass is 508 g/mol. The molecule has 2 amide bonds. The van der Waals surface area contributed by atoms with E-state index in [0.717, 1.165) is 76.6 Å². The highest BCUT2D eigenvalue weighted by Gasteiger charge is 2.16. The standard InChI is InChI=1S/C25H29BrN6O/c1-2-3-13-21-31-22-23(19-11-4-5-12-20(19)30-24(22)27)32(21)15-7-6-14-28-25(33)29-18-10-8-9-17(26)16-18/h4-5,8-12,16H,2-3,6-7,13-15H2,1H3,(H2,27,30)(H2,28,29,33). The number of anilines is 2. The first kappa shape index (κ1) is 23.0. The molecule has 8 heteroatoms. The number of rotatable bonds is 9. The van der Waals surface area contributed by atoms with E-state index in [0.29, 0.717) is 12.4 Å². The van der Waals surface area contributed by atoms with Crippen LogP contribution in [-0.2, 0) is 13.0 Å². The summed E-state index contributed by atoms with van der Waals surface area (Å²) in [5.41, 5.74) is 9.76. The molecule has 4 N–H and O–H groups in total. The van der Waals surface area contributed by atoms with E-state index >= 15 is 0 Å². The Bertz CT molecular complexity index is 1270. The van der Waals surface area contributed by atoms with Crippen LogP contribution in [0.2, 0.25) is 0 Å². The van der Waals surface area contributed by atoms with Gasteiger partial charge in [-0.2, -0.15) is 0 Å². The van der Waals surface area contributed by atoms with E-state index in [4.69, 9.17) is 10.7 Å². The summed E-state index contributed by atoms with van der Waals surface area (Å²) in [4.78, 5) is 21.6. The third kappa shape index (κ3) is 5.45. The molecule has 4 rings (SSSR count). The predicted octanol–water partition coefficient (Wildman–Crippen LogP) is 5.87. The van der Waals surface area contributed by atoms with Crippen LogP contribution >= 0.6 is 15.9 Å². The number of aryl methyl sites for hydroxylation is 2. The van der Waals surface area contributed by atoms with Gasteiger partial charge in [0.2, 0.25) is 0 Å². The van der Waals surface area contributed by atoms with Crippen molar-refractivity contribution in [2.24, 2.45) is 0 Å². The number of nitrogens with one attached hydrogen (secondary N) is 2. The number of hydrogen-bond donors (Lipinski definition) is 3. The molecular formula is C25H29BrN6O. The molecule has 33 heavy (non-hydrogen) atoms. The number of carbonyl (C=O) groups is 1. The molecule has 0 aliphatic carbocycles. The van der Waals surface area contributed by atoms with E-state index in [9.17, 15) is 4.79 Å². The van der Waals surface area contributed by atoms with Crippen molar-refractivity contribution in [2.75, 3.05) is 17.6 Å². The van der Waals surface area contributed by atoms with Crippen LogP contribution in [0.25, 0.3) is 21.9 Å². The molecular weight excluding hydrogens is 480 g/mol. The van der Waals surface area contributed by atoms with Crippen molar-refractivity contribution in [3.63, 3.8) is 0 Å². The topological polar surface area (TPSA) is 97.9 Å². The summed E-state index contributed by atoms with van der Waals surface area (Å²) in [6, 6.07) is 15.4. The minimum atomic E-state index is -0.199. The summed E-state index contributed by atoms with van der Waals surface area (Å²) in [6.07, 6.45) is 4.86. The predicted molar refractivity (Wildman–Crippen MR) is 138 cm³/mol. The second-order valence-corrected chi connectivity index (χ2v) is 9.01. The molecule has 0 spiro atoms. The maximum atomic E-state index is 12.2. The van der Waals surface area contributed by atoms with Crippen LogP contribution in [0.1, 0.15) is 38.4 Å². The summed E-state index contributed by atoms with van der Waals surface area (Å²) in [5.74, 6) is 1.53. The smallest absolute Gasteiger partial charge is 0.319 e. The van der Waals surface area contributed by atoms with E-state index in [1.165, 1.54) is 0 Å². The summed E-state index contributed by atoms with van der Waals surface area (Å²) in [5, 5.41) is 6.86. The second-order valence-electron chi connectivity index (χ2n) is 8.09. The van der Waals surface area contributed by atoms with Gasteiger partial charge in [0.15, 0.2) is 5.82 Å². The van der Waals surface area contributed by atoms with Gasteiger partial charge in [-0.05, 0) is 43.5 Å². The molecule has 0 bridgehead atoms. The average molecular weight is 509 g/mol. The Balaban J connectivity index is 1.43. The van der Waals surface area contributed by atoms with E-state index in [-0.39, 0.29) is 6.03 Å². The zero-order chi connectivity index (χ0) is 23.2. The van der Waals surface area contributed by atoms with Crippen LogP contribution in [0.4, 0.5) is 16.3 Å². The summed E-state index contributed by atoms with van der Waals surface area (Å²) >= 11 is 3.41. The third-order valence-corrected chi connectivity index (χ3v) is 6.11. The zero-order valence-corrected chi connectivity index (χ0v) is 20.4. The largest absolute Gasteiger partial charge is 0.382 e. The van der Waals surface area contributed by atoms with E-state index in [1.54, 1.807) is 0 Å². The third-order valence-electron chi connectivity index (χ3n) is 5.62. The van der Waals surface area contributed by atoms with Crippen molar-refractivity contribution in [3.8, 4) is 0 Å². The maximum Gasteiger partial charge on any atom is 0.319 e. The van der Waals surface area contributed by atoms with Gasteiger partial charge in [-0.1, -0.05) is 53.5 Å². The lowest BCUT2D eigenvalue weighted by Gasteiger charge is -2.12. The first-order valence-electron chi connectivity index (χ1n) is 11.4. The molecule has 0 fully saturated rings. The SMILES string of the molecule is CCCCc1nc2c(N)nc3ccccc3c2n1CCCCNC(=O)Nc1cccc(Br)c1. The van der Waals surface area contributed by atoms with Gasteiger partial charge in [-0.3, -0.25) is 0 Å². The van der Waals surface area contributed by atoms with Crippen LogP contribution < -0.4 is 16.4 Å². The van der Waals surface area contributed by atoms with Gasteiger partial charge >= 0.3 is 6.03 Å². The van der Waals surface area contributed by atoms with Crippen LogP contribution in [0.5, 0.6) is 0 Å². The maximum absolute atomic E-state index is 12.2. The number of carbonyl (C=O) groups excluding carboxylic acids is 1. The summed E-state index contributed by atoms with van der Waals surface area (Å²) < 4.78 is 3.22. The number of halogens is 1. The van der Waals surface area contributed by atoms with Crippen LogP contribution in [-0.4, -0.2) is 27.1 Å². The number of urea groups is 1. The molecule has 0 aliphatic heterocycles. The molecule has 0 saturated heterocycles. The van der Waals surface area contributed by atoms with Crippen LogP contribution in [0.3, 0.4) is 0 Å². The van der Waals surface area contributed by atoms with Crippen LogP contribution in [0.15, 0.2) is 53.0 Å². The van der Waals surface area contributed by atoms with E-state index in [1.807, 2.05) is 42.5 Å². The lowest BCUT2D eigenvalue weighted by molar-refractivity contribution is 0.252. The normalized spacial score (nSPS) is 11.2. The van der Waals surface area contributed by atoms with Crippen molar-refractivity contribution in [1.29, 1.82) is 0 Å². The number of amides is 2. The quantitative estimate of drug-likeness (QED) is 0.246. The van der Waals surface area contributed by atoms with E-state index in [2.05, 4.69) is 49.1 Å². The van der Waals surface area contributed by atoms with Crippen molar-refractivity contribution in [1.82, 2.24) is 19.9 Å². The highest BCUT2D eigenvalue weighted by molar-refractivity contribution is 9.10. The Hall–Kier alpha value is -3.13. The van der Waals surface area contributed by atoms with Crippen molar-refractivity contribution in [3.05, 3.63) is 58.8 Å². The minimum absolute atomic E-state index is 0.199. The van der Waals surface area contributed by atoms with Crippen molar-refractivity contribution < 1.29 is 4.79 Å². The summed E-state index contributed by atoms with van der Waals surface area (Å²) in [7, 11) is 0. The second kappa shape index (κ2) is 10.7. The fourth-order valence-corrected chi connectivity index (χ4v) is 4.41. The lowest BCUT2D eigenvalue weighted by Crippen LogP contribution is -2.29. The molecule has 2 aromatic carbocycles. The first-order chi connectivity index (χ1) is 16.1. The van der Waals surface area contributed by atoms with Gasteiger partial charge < -0.3 is 20.9 Å². The molecule has 172 valence electrons. The average Bonchev–Trinajstić information content (AvgIpc) is 3.17. The highest BCUT2D eigenvalue weighted by Crippen LogP contribution is 2.29. The number of fused-ring (bicyclic) bond motifs is 3. The van der Waals surface area contributed by atoms with Crippen LogP contribution in [0, 0.1) is 0 Å². The number of imidazole rings is 1. The molecule has 4 aromatic rings. The number of nitrogens with two attached hydrogens (primary N) is 1. The molecule has 0 aliphatic rings. The number of unbranched alkanes of at least 4 members (excludes halogenated alkanes) is 2. The molecule has 0 unspecified atom stereocenters. The minimum Gasteiger partial charge on any atom is -0.382 e. The molecule has 0 radical (unpaired) electrons. The molecule has 7 nitrogen and oxygen atoms in total. The molecule has 2 heterocycles. The number of hydrogen-bond acceptors (Lipinski definition) is 4. The van der Waals surface area contributed by atoms with Gasteiger partial charge in [-0.25, -0.2) is 14.8 Å². The van der Waals surface area contributed by atoms with Gasteiger partial charge in [0.1, 0.15) is 11.3 Å². The van der Waals surface area contributed by atoms with Gasteiger partial charge in [0.05, 0.1) is 11.0 Å². The number of pyridine rings is 1. The Labute approximate surface area is 201 Å². The molecule has 2 aromatic heterocycles. The number of aromatic nitrogens is 3. The van der Waals surface area contributed by atoms with E-state index < -0.39 is 0 Å². The lowest BCUT2D eigenvalue weighted by atomic mass is 10.2. The number of para-hydroxylation sites is 1. The summed E-state index contributed by atoms with van der Waals surface area (Å²) in [6.45, 7) is 3.60. The van der Waals surface area contributed by atoms with Crippen molar-refractivity contribution in [2.45, 2.75) is 45.6 Å².